The van der Waals surface area contributed by atoms with E-state index in [0.29, 0.717) is 24.2 Å². The summed E-state index contributed by atoms with van der Waals surface area (Å²) in [5, 5.41) is 0. The van der Waals surface area contributed by atoms with Crippen LogP contribution in [0.5, 0.6) is 5.75 Å². The van der Waals surface area contributed by atoms with Gasteiger partial charge in [0.05, 0.1) is 6.20 Å². The molecular weight excluding hydrogens is 280 g/mol. The molecule has 0 spiro atoms. The smallest absolute Gasteiger partial charge is 0.311 e. The number of esters is 1. The first-order chi connectivity index (χ1) is 10.7. The average Bonchev–Trinajstić information content (AvgIpc) is 3.02. The summed E-state index contributed by atoms with van der Waals surface area (Å²) in [7, 11) is 0. The van der Waals surface area contributed by atoms with Crippen LogP contribution >= 0.6 is 0 Å². The van der Waals surface area contributed by atoms with Gasteiger partial charge >= 0.3 is 5.97 Å². The van der Waals surface area contributed by atoms with Crippen molar-refractivity contribution >= 4 is 17.3 Å². The van der Waals surface area contributed by atoms with E-state index in [1.807, 2.05) is 28.7 Å². The molecule has 6 heteroatoms. The van der Waals surface area contributed by atoms with Crippen molar-refractivity contribution in [1.29, 1.82) is 0 Å². The van der Waals surface area contributed by atoms with E-state index >= 15 is 0 Å². The molecule has 0 aliphatic heterocycles. The first-order valence-corrected chi connectivity index (χ1v) is 7.03. The Balaban J connectivity index is 1.94. The van der Waals surface area contributed by atoms with E-state index in [9.17, 15) is 4.79 Å². The molecule has 3 aromatic rings. The maximum atomic E-state index is 11.5. The number of hydrogen-bond donors (Lipinski definition) is 1. The normalized spacial score (nSPS) is 10.8. The molecule has 0 aliphatic carbocycles. The van der Waals surface area contributed by atoms with Gasteiger partial charge in [0.25, 0.3) is 0 Å². The van der Waals surface area contributed by atoms with Gasteiger partial charge < -0.3 is 10.5 Å². The molecule has 0 amide bonds. The van der Waals surface area contributed by atoms with Crippen LogP contribution < -0.4 is 10.5 Å². The maximum Gasteiger partial charge on any atom is 0.311 e. The first-order valence-electron chi connectivity index (χ1n) is 7.03. The number of aromatic nitrogens is 3. The Labute approximate surface area is 127 Å². The Hall–Kier alpha value is -2.89. The second-order valence-corrected chi connectivity index (χ2v) is 4.91. The minimum atomic E-state index is -0.307. The van der Waals surface area contributed by atoms with E-state index in [-0.39, 0.29) is 5.97 Å². The standard InChI is InChI=1S/C16H16N4O2/c1-2-15(21)22-13-10-19-14(20-8-7-18-16(13)20)9-11-3-5-12(17)6-4-11/h3-8,10H,2,9,17H2,1H3. The molecule has 112 valence electrons. The molecule has 0 bridgehead atoms. The fourth-order valence-corrected chi connectivity index (χ4v) is 2.16. The summed E-state index contributed by atoms with van der Waals surface area (Å²) in [6, 6.07) is 7.64. The van der Waals surface area contributed by atoms with Gasteiger partial charge in [-0.3, -0.25) is 9.20 Å². The van der Waals surface area contributed by atoms with Crippen LogP contribution in [0, 0.1) is 0 Å². The largest absolute Gasteiger partial charge is 0.421 e. The van der Waals surface area contributed by atoms with E-state index in [4.69, 9.17) is 10.5 Å². The van der Waals surface area contributed by atoms with Gasteiger partial charge in [0.15, 0.2) is 11.4 Å². The summed E-state index contributed by atoms with van der Waals surface area (Å²) in [4.78, 5) is 20.1. The zero-order valence-electron chi connectivity index (χ0n) is 12.2. The molecule has 0 saturated heterocycles. The Kier molecular flexibility index (Phi) is 3.74. The van der Waals surface area contributed by atoms with Crippen LogP contribution in [0.15, 0.2) is 42.9 Å². The van der Waals surface area contributed by atoms with Gasteiger partial charge in [0.2, 0.25) is 0 Å². The van der Waals surface area contributed by atoms with Crippen LogP contribution in [0.1, 0.15) is 24.7 Å². The number of benzene rings is 1. The SMILES string of the molecule is CCC(=O)Oc1cnc(Cc2ccc(N)cc2)n2ccnc12. The minimum absolute atomic E-state index is 0.306. The predicted octanol–water partition coefficient (Wildman–Crippen LogP) is 2.22. The number of ether oxygens (including phenoxy) is 1. The highest BCUT2D eigenvalue weighted by Crippen LogP contribution is 2.20. The number of carbonyl (C=O) groups excluding carboxylic acids is 1. The molecule has 3 rings (SSSR count). The van der Waals surface area contributed by atoms with Crippen molar-refractivity contribution in [2.75, 3.05) is 5.73 Å². The second-order valence-electron chi connectivity index (χ2n) is 4.91. The van der Waals surface area contributed by atoms with Crippen LogP contribution in [0.4, 0.5) is 5.69 Å². The Morgan fingerprint density at radius 1 is 1.27 bits per heavy atom. The number of imidazole rings is 1. The van der Waals surface area contributed by atoms with Crippen LogP contribution in [0.25, 0.3) is 5.65 Å². The summed E-state index contributed by atoms with van der Waals surface area (Å²) >= 11 is 0. The lowest BCUT2D eigenvalue weighted by Gasteiger charge is -2.08. The molecule has 0 saturated carbocycles. The zero-order chi connectivity index (χ0) is 15.5. The quantitative estimate of drug-likeness (QED) is 0.589. The fourth-order valence-electron chi connectivity index (χ4n) is 2.16. The monoisotopic (exact) mass is 296 g/mol. The van der Waals surface area contributed by atoms with Gasteiger partial charge in [-0.1, -0.05) is 19.1 Å². The van der Waals surface area contributed by atoms with Crippen LogP contribution in [0.3, 0.4) is 0 Å². The third kappa shape index (κ3) is 2.76. The lowest BCUT2D eigenvalue weighted by atomic mass is 10.1. The number of carbonyl (C=O) groups is 1. The molecular formula is C16H16N4O2. The molecule has 0 aliphatic rings. The second kappa shape index (κ2) is 5.85. The van der Waals surface area contributed by atoms with E-state index < -0.39 is 0 Å². The van der Waals surface area contributed by atoms with Gasteiger partial charge in [-0.05, 0) is 17.7 Å². The number of fused-ring (bicyclic) bond motifs is 1. The predicted molar refractivity (Wildman–Crippen MR) is 82.6 cm³/mol. The first kappa shape index (κ1) is 14.1. The molecule has 22 heavy (non-hydrogen) atoms. The van der Waals surface area contributed by atoms with Crippen molar-refractivity contribution in [3.8, 4) is 5.75 Å². The van der Waals surface area contributed by atoms with Gasteiger partial charge in [-0.15, -0.1) is 0 Å². The summed E-state index contributed by atoms with van der Waals surface area (Å²) < 4.78 is 7.08. The molecule has 0 atom stereocenters. The number of nitrogens with zero attached hydrogens (tertiary/aromatic N) is 3. The molecule has 2 heterocycles. The molecule has 2 N–H and O–H groups in total. The Morgan fingerprint density at radius 3 is 2.77 bits per heavy atom. The molecule has 0 unspecified atom stereocenters. The number of hydrogen-bond acceptors (Lipinski definition) is 5. The highest BCUT2D eigenvalue weighted by molar-refractivity contribution is 5.74. The molecule has 6 nitrogen and oxygen atoms in total. The number of anilines is 1. The summed E-state index contributed by atoms with van der Waals surface area (Å²) in [5.74, 6) is 0.879. The molecule has 0 fully saturated rings. The van der Waals surface area contributed by atoms with Crippen molar-refractivity contribution in [2.24, 2.45) is 0 Å². The fraction of sp³-hybridized carbons (Fsp3) is 0.188. The lowest BCUT2D eigenvalue weighted by molar-refractivity contribution is -0.133. The van der Waals surface area contributed by atoms with Crippen LogP contribution in [-0.4, -0.2) is 20.3 Å². The average molecular weight is 296 g/mol. The van der Waals surface area contributed by atoms with E-state index in [0.717, 1.165) is 17.1 Å². The topological polar surface area (TPSA) is 82.5 Å². The van der Waals surface area contributed by atoms with Crippen LogP contribution in [-0.2, 0) is 11.2 Å². The van der Waals surface area contributed by atoms with Crippen molar-refractivity contribution in [1.82, 2.24) is 14.4 Å². The summed E-state index contributed by atoms with van der Waals surface area (Å²) in [5.41, 5.74) is 8.10. The minimum Gasteiger partial charge on any atom is -0.421 e. The highest BCUT2D eigenvalue weighted by Gasteiger charge is 2.12. The molecule has 1 aromatic carbocycles. The van der Waals surface area contributed by atoms with Crippen LogP contribution in [0.2, 0.25) is 0 Å². The van der Waals surface area contributed by atoms with Gasteiger partial charge in [0.1, 0.15) is 5.82 Å². The van der Waals surface area contributed by atoms with Crippen molar-refractivity contribution in [3.63, 3.8) is 0 Å². The third-order valence-corrected chi connectivity index (χ3v) is 3.32. The summed E-state index contributed by atoms with van der Waals surface area (Å²) in [6.07, 6.45) is 5.95. The van der Waals surface area contributed by atoms with E-state index in [2.05, 4.69) is 9.97 Å². The van der Waals surface area contributed by atoms with E-state index in [1.54, 1.807) is 25.5 Å². The maximum absolute atomic E-state index is 11.5. The van der Waals surface area contributed by atoms with E-state index in [1.165, 1.54) is 0 Å². The van der Waals surface area contributed by atoms with Gasteiger partial charge in [-0.25, -0.2) is 9.97 Å². The summed E-state index contributed by atoms with van der Waals surface area (Å²) in [6.45, 7) is 1.74. The number of nitrogens with two attached hydrogens (primary N) is 1. The Morgan fingerprint density at radius 2 is 2.05 bits per heavy atom. The number of nitrogen functional groups attached to an aromatic ring is 1. The Bertz CT molecular complexity index is 809. The van der Waals surface area contributed by atoms with Crippen molar-refractivity contribution in [3.05, 3.63) is 54.2 Å². The lowest BCUT2D eigenvalue weighted by Crippen LogP contribution is -2.09. The highest BCUT2D eigenvalue weighted by atomic mass is 16.5. The third-order valence-electron chi connectivity index (χ3n) is 3.32. The van der Waals surface area contributed by atoms with Gasteiger partial charge in [-0.2, -0.15) is 0 Å². The molecule has 0 radical (unpaired) electrons. The molecule has 2 aromatic heterocycles. The number of rotatable bonds is 4. The van der Waals surface area contributed by atoms with Gasteiger partial charge in [0, 0.05) is 30.9 Å². The van der Waals surface area contributed by atoms with Crippen molar-refractivity contribution in [2.45, 2.75) is 19.8 Å². The zero-order valence-corrected chi connectivity index (χ0v) is 12.2. The van der Waals surface area contributed by atoms with Crippen molar-refractivity contribution < 1.29 is 9.53 Å².